The first kappa shape index (κ1) is 11.0. The van der Waals surface area contributed by atoms with Crippen molar-refractivity contribution >= 4 is 15.9 Å². The standard InChI is InChI=1S/C11H13BrN4O/c1-8-11(13-7-17-8)6-15-4-10(5-15)16-3-9(12)2-14-16/h2-3,7,10H,4-6H2,1H3. The van der Waals surface area contributed by atoms with Gasteiger partial charge in [0.2, 0.25) is 0 Å². The molecule has 0 aliphatic carbocycles. The lowest BCUT2D eigenvalue weighted by Gasteiger charge is -2.38. The van der Waals surface area contributed by atoms with Crippen molar-refractivity contribution in [1.82, 2.24) is 19.7 Å². The third kappa shape index (κ3) is 2.14. The highest BCUT2D eigenvalue weighted by Crippen LogP contribution is 2.24. The van der Waals surface area contributed by atoms with Crippen molar-refractivity contribution in [3.8, 4) is 0 Å². The van der Waals surface area contributed by atoms with Crippen LogP contribution in [0.15, 0.2) is 27.7 Å². The van der Waals surface area contributed by atoms with Gasteiger partial charge >= 0.3 is 0 Å². The number of aromatic nitrogens is 3. The Balaban J connectivity index is 1.57. The van der Waals surface area contributed by atoms with Gasteiger partial charge in [-0.3, -0.25) is 9.58 Å². The van der Waals surface area contributed by atoms with Crippen LogP contribution in [-0.2, 0) is 6.54 Å². The van der Waals surface area contributed by atoms with Crippen LogP contribution < -0.4 is 0 Å². The molecule has 6 heteroatoms. The Labute approximate surface area is 108 Å². The summed E-state index contributed by atoms with van der Waals surface area (Å²) in [5, 5.41) is 4.30. The third-order valence-corrected chi connectivity index (χ3v) is 3.51. The van der Waals surface area contributed by atoms with Gasteiger partial charge in [-0.15, -0.1) is 0 Å². The van der Waals surface area contributed by atoms with Crippen LogP contribution in [0.2, 0.25) is 0 Å². The van der Waals surface area contributed by atoms with Crippen molar-refractivity contribution in [2.45, 2.75) is 19.5 Å². The Morgan fingerprint density at radius 2 is 2.35 bits per heavy atom. The molecule has 3 heterocycles. The summed E-state index contributed by atoms with van der Waals surface area (Å²) in [4.78, 5) is 6.54. The fraction of sp³-hybridized carbons (Fsp3) is 0.455. The van der Waals surface area contributed by atoms with Gasteiger partial charge in [0, 0.05) is 25.8 Å². The highest BCUT2D eigenvalue weighted by Gasteiger charge is 2.29. The Kier molecular flexibility index (Phi) is 2.76. The van der Waals surface area contributed by atoms with Crippen LogP contribution in [0.1, 0.15) is 17.5 Å². The Bertz CT molecular complexity index is 515. The van der Waals surface area contributed by atoms with E-state index in [-0.39, 0.29) is 0 Å². The molecule has 17 heavy (non-hydrogen) atoms. The summed E-state index contributed by atoms with van der Waals surface area (Å²) in [6, 6.07) is 0.480. The Hall–Kier alpha value is -1.14. The van der Waals surface area contributed by atoms with Crippen molar-refractivity contribution < 1.29 is 4.42 Å². The fourth-order valence-corrected chi connectivity index (χ4v) is 2.35. The van der Waals surface area contributed by atoms with E-state index in [1.165, 1.54) is 6.39 Å². The number of oxazole rings is 1. The highest BCUT2D eigenvalue weighted by atomic mass is 79.9. The summed E-state index contributed by atoms with van der Waals surface area (Å²) in [5.41, 5.74) is 1.03. The lowest BCUT2D eigenvalue weighted by atomic mass is 10.1. The van der Waals surface area contributed by atoms with E-state index < -0.39 is 0 Å². The SMILES string of the molecule is Cc1ocnc1CN1CC(n2cc(Br)cn2)C1. The van der Waals surface area contributed by atoms with Crippen molar-refractivity contribution in [2.24, 2.45) is 0 Å². The number of hydrogen-bond acceptors (Lipinski definition) is 4. The minimum atomic E-state index is 0.480. The zero-order valence-corrected chi connectivity index (χ0v) is 11.1. The zero-order valence-electron chi connectivity index (χ0n) is 9.51. The quantitative estimate of drug-likeness (QED) is 0.869. The van der Waals surface area contributed by atoms with Crippen LogP contribution in [0, 0.1) is 6.92 Å². The predicted molar refractivity (Wildman–Crippen MR) is 65.5 cm³/mol. The van der Waals surface area contributed by atoms with Gasteiger partial charge in [0.15, 0.2) is 6.39 Å². The summed E-state index contributed by atoms with van der Waals surface area (Å²) in [5.74, 6) is 0.912. The molecule has 0 unspecified atom stereocenters. The van der Waals surface area contributed by atoms with Crippen molar-refractivity contribution in [1.29, 1.82) is 0 Å². The minimum absolute atomic E-state index is 0.480. The second kappa shape index (κ2) is 4.27. The molecule has 1 aliphatic rings. The van der Waals surface area contributed by atoms with Crippen LogP contribution in [0.5, 0.6) is 0 Å². The average Bonchev–Trinajstić information content (AvgIpc) is 2.81. The van der Waals surface area contributed by atoms with Crippen molar-refractivity contribution in [3.63, 3.8) is 0 Å². The zero-order chi connectivity index (χ0) is 11.8. The molecule has 0 saturated carbocycles. The summed E-state index contributed by atoms with van der Waals surface area (Å²) in [6.07, 6.45) is 5.35. The second-order valence-electron chi connectivity index (χ2n) is 4.34. The Morgan fingerprint density at radius 1 is 1.53 bits per heavy atom. The smallest absolute Gasteiger partial charge is 0.181 e. The molecule has 2 aromatic heterocycles. The number of hydrogen-bond donors (Lipinski definition) is 0. The maximum Gasteiger partial charge on any atom is 0.181 e. The van der Waals surface area contributed by atoms with Crippen molar-refractivity contribution in [2.75, 3.05) is 13.1 Å². The van der Waals surface area contributed by atoms with Gasteiger partial charge < -0.3 is 4.42 Å². The molecule has 0 N–H and O–H groups in total. The van der Waals surface area contributed by atoms with Crippen LogP contribution in [0.25, 0.3) is 0 Å². The summed E-state index contributed by atoms with van der Waals surface area (Å²) in [7, 11) is 0. The molecule has 1 saturated heterocycles. The van der Waals surface area contributed by atoms with Crippen LogP contribution in [-0.4, -0.2) is 32.8 Å². The monoisotopic (exact) mass is 296 g/mol. The van der Waals surface area contributed by atoms with Gasteiger partial charge in [-0.05, 0) is 22.9 Å². The van der Waals surface area contributed by atoms with Gasteiger partial charge in [0.1, 0.15) is 5.76 Å². The predicted octanol–water partition coefficient (Wildman–Crippen LogP) is 2.00. The molecular weight excluding hydrogens is 284 g/mol. The van der Waals surface area contributed by atoms with E-state index >= 15 is 0 Å². The molecule has 0 atom stereocenters. The Morgan fingerprint density at radius 3 is 2.94 bits per heavy atom. The molecule has 1 aliphatic heterocycles. The number of aryl methyl sites for hydroxylation is 1. The summed E-state index contributed by atoms with van der Waals surface area (Å²) >= 11 is 3.41. The molecule has 0 amide bonds. The van der Waals surface area contributed by atoms with E-state index in [4.69, 9.17) is 4.42 Å². The number of likely N-dealkylation sites (tertiary alicyclic amines) is 1. The lowest BCUT2D eigenvalue weighted by Crippen LogP contribution is -2.47. The molecule has 1 fully saturated rings. The number of rotatable bonds is 3. The van der Waals surface area contributed by atoms with Crippen LogP contribution >= 0.6 is 15.9 Å². The largest absolute Gasteiger partial charge is 0.448 e. The average molecular weight is 297 g/mol. The first-order valence-electron chi connectivity index (χ1n) is 5.53. The molecule has 90 valence electrons. The normalized spacial score (nSPS) is 17.3. The lowest BCUT2D eigenvalue weighted by molar-refractivity contribution is 0.0892. The minimum Gasteiger partial charge on any atom is -0.448 e. The molecule has 0 bridgehead atoms. The van der Waals surface area contributed by atoms with E-state index in [0.29, 0.717) is 6.04 Å². The van der Waals surface area contributed by atoms with Gasteiger partial charge in [-0.25, -0.2) is 4.98 Å². The maximum atomic E-state index is 5.19. The molecule has 0 spiro atoms. The molecule has 0 radical (unpaired) electrons. The first-order valence-corrected chi connectivity index (χ1v) is 6.32. The van der Waals surface area contributed by atoms with Gasteiger partial charge in [0.05, 0.1) is 22.4 Å². The van der Waals surface area contributed by atoms with Gasteiger partial charge in [0.25, 0.3) is 0 Å². The highest BCUT2D eigenvalue weighted by molar-refractivity contribution is 9.10. The topological polar surface area (TPSA) is 47.1 Å². The van der Waals surface area contributed by atoms with Gasteiger partial charge in [-0.2, -0.15) is 5.10 Å². The number of halogens is 1. The molecule has 5 nitrogen and oxygen atoms in total. The summed E-state index contributed by atoms with van der Waals surface area (Å²) < 4.78 is 8.23. The fourth-order valence-electron chi connectivity index (χ4n) is 2.05. The molecular formula is C11H13BrN4O. The summed E-state index contributed by atoms with van der Waals surface area (Å²) in [6.45, 7) is 4.84. The van der Waals surface area contributed by atoms with E-state index in [0.717, 1.165) is 35.6 Å². The molecule has 0 aromatic carbocycles. The number of nitrogens with zero attached hydrogens (tertiary/aromatic N) is 4. The van der Waals surface area contributed by atoms with Crippen LogP contribution in [0.3, 0.4) is 0 Å². The van der Waals surface area contributed by atoms with Crippen LogP contribution in [0.4, 0.5) is 0 Å². The van der Waals surface area contributed by atoms with E-state index in [1.807, 2.05) is 24.0 Å². The van der Waals surface area contributed by atoms with E-state index in [9.17, 15) is 0 Å². The molecule has 3 rings (SSSR count). The van der Waals surface area contributed by atoms with E-state index in [2.05, 4.69) is 30.9 Å². The second-order valence-corrected chi connectivity index (χ2v) is 5.26. The molecule has 2 aromatic rings. The maximum absolute atomic E-state index is 5.19. The van der Waals surface area contributed by atoms with Gasteiger partial charge in [-0.1, -0.05) is 0 Å². The third-order valence-electron chi connectivity index (χ3n) is 3.10. The van der Waals surface area contributed by atoms with E-state index in [1.54, 1.807) is 0 Å². The van der Waals surface area contributed by atoms with Crippen molar-refractivity contribution in [3.05, 3.63) is 34.7 Å². The first-order chi connectivity index (χ1) is 8.22.